The van der Waals surface area contributed by atoms with Crippen molar-refractivity contribution in [2.24, 2.45) is 0 Å². The number of methoxy groups -OCH3 is 1. The van der Waals surface area contributed by atoms with Crippen LogP contribution in [0.2, 0.25) is 0 Å². The third-order valence-electron chi connectivity index (χ3n) is 5.80. The first-order valence-corrected chi connectivity index (χ1v) is 11.7. The summed E-state index contributed by atoms with van der Waals surface area (Å²) in [5.74, 6) is -1.38. The molecule has 1 aliphatic carbocycles. The lowest BCUT2D eigenvalue weighted by molar-refractivity contribution is -0.138. The summed E-state index contributed by atoms with van der Waals surface area (Å²) in [5, 5.41) is 14.0. The van der Waals surface area contributed by atoms with E-state index in [1.807, 2.05) is 36.4 Å². The first-order valence-electron chi connectivity index (χ1n) is 11.7. The number of hydrogen-bond acceptors (Lipinski definition) is 6. The van der Waals surface area contributed by atoms with Gasteiger partial charge in [0.05, 0.1) is 19.6 Å². The molecule has 1 atom stereocenters. The number of carboxylic acids is 1. The number of fused-ring (bicyclic) bond motifs is 3. The van der Waals surface area contributed by atoms with Crippen molar-refractivity contribution in [3.05, 3.63) is 59.7 Å². The van der Waals surface area contributed by atoms with E-state index in [2.05, 4.69) is 22.8 Å². The first kappa shape index (κ1) is 26.2. The number of benzene rings is 2. The number of hydrogen-bond donors (Lipinski definition) is 3. The minimum absolute atomic E-state index is 0.0699. The molecule has 2 aromatic rings. The number of alkyl carbamates (subject to hydrolysis) is 1. The summed E-state index contributed by atoms with van der Waals surface area (Å²) < 4.78 is 15.8. The van der Waals surface area contributed by atoms with Crippen LogP contribution >= 0.6 is 0 Å². The second-order valence-corrected chi connectivity index (χ2v) is 8.20. The fourth-order valence-corrected chi connectivity index (χ4v) is 4.11. The van der Waals surface area contributed by atoms with E-state index < -0.39 is 18.1 Å². The highest BCUT2D eigenvalue weighted by atomic mass is 16.5. The monoisotopic (exact) mass is 484 g/mol. The van der Waals surface area contributed by atoms with E-state index >= 15 is 0 Å². The Hall–Kier alpha value is -3.43. The van der Waals surface area contributed by atoms with Gasteiger partial charge in [-0.15, -0.1) is 0 Å². The summed E-state index contributed by atoms with van der Waals surface area (Å²) in [4.78, 5) is 35.8. The minimum atomic E-state index is -0.945. The van der Waals surface area contributed by atoms with Crippen LogP contribution in [0.15, 0.2) is 48.5 Å². The highest BCUT2D eigenvalue weighted by molar-refractivity contribution is 5.85. The Bertz CT molecular complexity index is 965. The summed E-state index contributed by atoms with van der Waals surface area (Å²) >= 11 is 0. The van der Waals surface area contributed by atoms with Gasteiger partial charge in [-0.25, -0.2) is 4.79 Å². The van der Waals surface area contributed by atoms with Crippen LogP contribution in [0.4, 0.5) is 4.79 Å². The lowest BCUT2D eigenvalue weighted by Crippen LogP contribution is -2.47. The molecular weight excluding hydrogens is 452 g/mol. The lowest BCUT2D eigenvalue weighted by Gasteiger charge is -2.20. The van der Waals surface area contributed by atoms with Crippen molar-refractivity contribution >= 4 is 18.0 Å². The average molecular weight is 485 g/mol. The maximum atomic E-state index is 12.6. The number of rotatable bonds is 14. The average Bonchev–Trinajstić information content (AvgIpc) is 3.17. The van der Waals surface area contributed by atoms with Gasteiger partial charge < -0.3 is 30.0 Å². The molecule has 9 nitrogen and oxygen atoms in total. The van der Waals surface area contributed by atoms with Crippen LogP contribution in [-0.4, -0.2) is 69.2 Å². The Kier molecular flexibility index (Phi) is 10.1. The molecule has 0 saturated carbocycles. The number of carbonyl (C=O) groups is 3. The Balaban J connectivity index is 1.53. The van der Waals surface area contributed by atoms with Gasteiger partial charge in [-0.1, -0.05) is 48.5 Å². The van der Waals surface area contributed by atoms with Crippen molar-refractivity contribution in [1.29, 1.82) is 0 Å². The second kappa shape index (κ2) is 13.5. The fraction of sp³-hybridized carbons (Fsp3) is 0.423. The molecule has 1 unspecified atom stereocenters. The van der Waals surface area contributed by atoms with Crippen molar-refractivity contribution in [1.82, 2.24) is 10.6 Å². The number of carbonyl (C=O) groups excluding carboxylic acids is 2. The first-order chi connectivity index (χ1) is 17.0. The Labute approximate surface area is 204 Å². The van der Waals surface area contributed by atoms with E-state index in [4.69, 9.17) is 19.3 Å². The third kappa shape index (κ3) is 7.53. The van der Waals surface area contributed by atoms with Gasteiger partial charge in [-0.05, 0) is 35.1 Å². The van der Waals surface area contributed by atoms with Crippen LogP contribution in [0.25, 0.3) is 11.1 Å². The molecule has 188 valence electrons. The van der Waals surface area contributed by atoms with Gasteiger partial charge >= 0.3 is 12.1 Å². The van der Waals surface area contributed by atoms with Gasteiger partial charge in [-0.2, -0.15) is 0 Å². The van der Waals surface area contributed by atoms with Crippen LogP contribution in [0.3, 0.4) is 0 Å². The van der Waals surface area contributed by atoms with Gasteiger partial charge in [0, 0.05) is 26.2 Å². The molecule has 0 aromatic heterocycles. The predicted octanol–water partition coefficient (Wildman–Crippen LogP) is 2.93. The Morgan fingerprint density at radius 2 is 1.63 bits per heavy atom. The van der Waals surface area contributed by atoms with Gasteiger partial charge in [0.2, 0.25) is 5.91 Å². The van der Waals surface area contributed by atoms with E-state index in [-0.39, 0.29) is 44.6 Å². The van der Waals surface area contributed by atoms with Crippen LogP contribution in [-0.2, 0) is 23.8 Å². The number of nitrogens with one attached hydrogen (secondary N) is 2. The number of carboxylic acid groups (broad SMARTS) is 1. The predicted molar refractivity (Wildman–Crippen MR) is 129 cm³/mol. The SMILES string of the molecule is COCCCC(NC(=O)OCC1c2ccccc2-c2ccccc21)C(=O)NCCOCCC(=O)O. The fourth-order valence-electron chi connectivity index (χ4n) is 4.11. The molecule has 3 N–H and O–H groups in total. The minimum Gasteiger partial charge on any atom is -0.481 e. The standard InChI is InChI=1S/C26H32N2O7/c1-33-14-6-11-23(25(31)27-13-16-34-15-12-24(29)30)28-26(32)35-17-22-20-9-4-2-7-18(20)19-8-3-5-10-21(19)22/h2-5,7-10,22-23H,6,11-17H2,1H3,(H,27,31)(H,28,32)(H,29,30). The zero-order valence-electron chi connectivity index (χ0n) is 19.8. The molecule has 3 rings (SSSR count). The molecule has 9 heteroatoms. The van der Waals surface area contributed by atoms with Gasteiger partial charge in [-0.3, -0.25) is 9.59 Å². The molecule has 0 aliphatic heterocycles. The van der Waals surface area contributed by atoms with Crippen LogP contribution in [0, 0.1) is 0 Å². The lowest BCUT2D eigenvalue weighted by atomic mass is 9.98. The van der Waals surface area contributed by atoms with Crippen molar-refractivity contribution in [2.75, 3.05) is 40.1 Å². The molecule has 0 heterocycles. The van der Waals surface area contributed by atoms with Crippen LogP contribution < -0.4 is 10.6 Å². The quantitative estimate of drug-likeness (QED) is 0.352. The molecule has 0 fully saturated rings. The molecule has 2 amide bonds. The molecule has 2 aromatic carbocycles. The van der Waals surface area contributed by atoms with E-state index in [1.54, 1.807) is 7.11 Å². The van der Waals surface area contributed by atoms with E-state index in [1.165, 1.54) is 0 Å². The highest BCUT2D eigenvalue weighted by Gasteiger charge is 2.29. The smallest absolute Gasteiger partial charge is 0.407 e. The summed E-state index contributed by atoms with van der Waals surface area (Å²) in [5.41, 5.74) is 4.50. The van der Waals surface area contributed by atoms with Crippen molar-refractivity contribution < 1.29 is 33.7 Å². The maximum Gasteiger partial charge on any atom is 0.407 e. The van der Waals surface area contributed by atoms with E-state index in [0.29, 0.717) is 19.4 Å². The normalized spacial score (nSPS) is 12.9. The largest absolute Gasteiger partial charge is 0.481 e. The van der Waals surface area contributed by atoms with Crippen molar-refractivity contribution in [3.8, 4) is 11.1 Å². The summed E-state index contributed by atoms with van der Waals surface area (Å²) in [7, 11) is 1.57. The summed E-state index contributed by atoms with van der Waals surface area (Å²) in [6.07, 6.45) is 0.190. The van der Waals surface area contributed by atoms with Gasteiger partial charge in [0.15, 0.2) is 0 Å². The molecule has 0 bridgehead atoms. The zero-order chi connectivity index (χ0) is 25.0. The molecule has 1 aliphatic rings. The third-order valence-corrected chi connectivity index (χ3v) is 5.80. The van der Waals surface area contributed by atoms with Gasteiger partial charge in [0.25, 0.3) is 0 Å². The second-order valence-electron chi connectivity index (χ2n) is 8.20. The highest BCUT2D eigenvalue weighted by Crippen LogP contribution is 2.44. The molecule has 0 radical (unpaired) electrons. The Morgan fingerprint density at radius 1 is 0.971 bits per heavy atom. The van der Waals surface area contributed by atoms with Crippen LogP contribution in [0.1, 0.15) is 36.3 Å². The number of amides is 2. The molecule has 0 spiro atoms. The van der Waals surface area contributed by atoms with Crippen LogP contribution in [0.5, 0.6) is 0 Å². The summed E-state index contributed by atoms with van der Waals surface area (Å²) in [6.45, 7) is 1.05. The molecule has 35 heavy (non-hydrogen) atoms. The number of aliphatic carboxylic acids is 1. The van der Waals surface area contributed by atoms with Crippen molar-refractivity contribution in [2.45, 2.75) is 31.2 Å². The molecule has 0 saturated heterocycles. The topological polar surface area (TPSA) is 123 Å². The van der Waals surface area contributed by atoms with Crippen molar-refractivity contribution in [3.63, 3.8) is 0 Å². The zero-order valence-corrected chi connectivity index (χ0v) is 19.8. The van der Waals surface area contributed by atoms with Gasteiger partial charge in [0.1, 0.15) is 12.6 Å². The van der Waals surface area contributed by atoms with E-state index in [0.717, 1.165) is 22.3 Å². The maximum absolute atomic E-state index is 12.6. The Morgan fingerprint density at radius 3 is 2.26 bits per heavy atom. The number of ether oxygens (including phenoxy) is 3. The summed E-state index contributed by atoms with van der Waals surface area (Å²) in [6, 6.07) is 15.4. The van der Waals surface area contributed by atoms with E-state index in [9.17, 15) is 14.4 Å². The molecular formula is C26H32N2O7.